The number of rotatable bonds is 3. The van der Waals surface area contributed by atoms with E-state index in [2.05, 4.69) is 10.4 Å². The lowest BCUT2D eigenvalue weighted by atomic mass is 10.1. The number of hydrogen-bond acceptors (Lipinski definition) is 6. The van der Waals surface area contributed by atoms with Crippen LogP contribution in [0.15, 0.2) is 17.2 Å². The van der Waals surface area contributed by atoms with Gasteiger partial charge in [-0.15, -0.1) is 0 Å². The maximum absolute atomic E-state index is 12.5. The number of anilines is 1. The van der Waals surface area contributed by atoms with Crippen molar-refractivity contribution < 1.29 is 13.2 Å². The van der Waals surface area contributed by atoms with E-state index in [0.717, 1.165) is 0 Å². The normalized spacial score (nSPS) is 19.8. The molecular formula is C11H17ClN4O3S. The average Bonchev–Trinajstić information content (AvgIpc) is 2.37. The van der Waals surface area contributed by atoms with E-state index >= 15 is 0 Å². The lowest BCUT2D eigenvalue weighted by Crippen LogP contribution is -2.50. The van der Waals surface area contributed by atoms with Gasteiger partial charge in [-0.3, -0.25) is 0 Å². The monoisotopic (exact) mass is 320 g/mol. The van der Waals surface area contributed by atoms with Crippen LogP contribution in [0.5, 0.6) is 0 Å². The summed E-state index contributed by atoms with van der Waals surface area (Å²) in [7, 11) is -3.64. The van der Waals surface area contributed by atoms with Gasteiger partial charge < -0.3 is 10.2 Å². The Labute approximate surface area is 123 Å². The predicted molar refractivity (Wildman–Crippen MR) is 75.8 cm³/mol. The largest absolute Gasteiger partial charge is 0.373 e. The molecule has 9 heteroatoms. The number of pyridine rings is 1. The minimum absolute atomic E-state index is 0.0409. The minimum atomic E-state index is -3.64. The Balaban J connectivity index is 2.33. The van der Waals surface area contributed by atoms with Gasteiger partial charge in [-0.25, -0.2) is 19.2 Å². The average molecular weight is 321 g/mol. The van der Waals surface area contributed by atoms with Gasteiger partial charge in [0.2, 0.25) is 10.0 Å². The fourth-order valence-corrected chi connectivity index (χ4v) is 3.83. The van der Waals surface area contributed by atoms with Gasteiger partial charge in [0, 0.05) is 19.3 Å². The summed E-state index contributed by atoms with van der Waals surface area (Å²) in [5, 5.41) is 0.154. The summed E-state index contributed by atoms with van der Waals surface area (Å²) in [5.74, 6) is 5.44. The van der Waals surface area contributed by atoms with Crippen LogP contribution >= 0.6 is 11.6 Å². The minimum Gasteiger partial charge on any atom is -0.373 e. The summed E-state index contributed by atoms with van der Waals surface area (Å²) < 4.78 is 32.0. The van der Waals surface area contributed by atoms with Gasteiger partial charge in [0.15, 0.2) is 5.82 Å². The van der Waals surface area contributed by atoms with E-state index in [0.29, 0.717) is 13.2 Å². The van der Waals surface area contributed by atoms with Gasteiger partial charge in [0.1, 0.15) is 4.90 Å². The molecule has 0 saturated carbocycles. The van der Waals surface area contributed by atoms with E-state index in [1.807, 2.05) is 13.8 Å². The standard InChI is InChI=1S/C11H17ClN4O3S/c1-11(2)7-16(3-4-19-11)20(17,18)8-5-9(12)10(15-13)14-6-8/h5-6H,3-4,7,13H2,1-2H3,(H,14,15). The fourth-order valence-electron chi connectivity index (χ4n) is 2.00. The van der Waals surface area contributed by atoms with Crippen LogP contribution in [-0.2, 0) is 14.8 Å². The van der Waals surface area contributed by atoms with E-state index < -0.39 is 15.6 Å². The molecule has 0 aliphatic carbocycles. The van der Waals surface area contributed by atoms with Crippen LogP contribution in [0.3, 0.4) is 0 Å². The van der Waals surface area contributed by atoms with Crippen LogP contribution in [0.1, 0.15) is 13.8 Å². The topological polar surface area (TPSA) is 97.6 Å². The Morgan fingerprint density at radius 2 is 2.25 bits per heavy atom. The fraction of sp³-hybridized carbons (Fsp3) is 0.545. The highest BCUT2D eigenvalue weighted by atomic mass is 35.5. The van der Waals surface area contributed by atoms with E-state index in [1.54, 1.807) is 0 Å². The first-order chi connectivity index (χ1) is 9.26. The Morgan fingerprint density at radius 1 is 1.55 bits per heavy atom. The molecule has 2 rings (SSSR count). The SMILES string of the molecule is CC1(C)CN(S(=O)(=O)c2cnc(NN)c(Cl)c2)CCO1. The molecule has 0 amide bonds. The van der Waals surface area contributed by atoms with Crippen molar-refractivity contribution in [2.75, 3.05) is 25.1 Å². The van der Waals surface area contributed by atoms with Crippen LogP contribution in [0.2, 0.25) is 5.02 Å². The molecule has 112 valence electrons. The van der Waals surface area contributed by atoms with Crippen molar-refractivity contribution in [3.8, 4) is 0 Å². The second-order valence-corrected chi connectivity index (χ2v) is 7.44. The van der Waals surface area contributed by atoms with Crippen molar-refractivity contribution in [2.45, 2.75) is 24.3 Å². The van der Waals surface area contributed by atoms with Crippen molar-refractivity contribution in [3.05, 3.63) is 17.3 Å². The number of halogens is 1. The number of nitrogens with one attached hydrogen (secondary N) is 1. The first-order valence-electron chi connectivity index (χ1n) is 6.02. The quantitative estimate of drug-likeness (QED) is 0.632. The third kappa shape index (κ3) is 3.04. The second kappa shape index (κ2) is 5.45. The molecule has 20 heavy (non-hydrogen) atoms. The van der Waals surface area contributed by atoms with Crippen LogP contribution < -0.4 is 11.3 Å². The van der Waals surface area contributed by atoms with Crippen LogP contribution in [0, 0.1) is 0 Å². The van der Waals surface area contributed by atoms with E-state index in [-0.39, 0.29) is 22.3 Å². The smallest absolute Gasteiger partial charge is 0.244 e. The number of hydrazine groups is 1. The number of aromatic nitrogens is 1. The third-order valence-corrected chi connectivity index (χ3v) is 5.08. The molecule has 3 N–H and O–H groups in total. The molecule has 0 atom stereocenters. The highest BCUT2D eigenvalue weighted by molar-refractivity contribution is 7.89. The lowest BCUT2D eigenvalue weighted by molar-refractivity contribution is -0.0640. The highest BCUT2D eigenvalue weighted by Crippen LogP contribution is 2.26. The second-order valence-electron chi connectivity index (χ2n) is 5.09. The summed E-state index contributed by atoms with van der Waals surface area (Å²) in [4.78, 5) is 3.93. The molecule has 7 nitrogen and oxygen atoms in total. The summed E-state index contributed by atoms with van der Waals surface area (Å²) in [5.41, 5.74) is 1.78. The molecule has 1 aliphatic rings. The van der Waals surface area contributed by atoms with Crippen molar-refractivity contribution in [2.24, 2.45) is 5.84 Å². The van der Waals surface area contributed by atoms with E-state index in [1.165, 1.54) is 16.6 Å². The molecule has 1 aromatic heterocycles. The predicted octanol–water partition coefficient (Wildman–Crippen LogP) is 0.820. The van der Waals surface area contributed by atoms with Crippen molar-refractivity contribution in [1.82, 2.24) is 9.29 Å². The number of hydrogen-bond donors (Lipinski definition) is 2. The summed E-state index contributed by atoms with van der Waals surface area (Å²) in [6.07, 6.45) is 1.23. The molecule has 1 saturated heterocycles. The maximum atomic E-state index is 12.5. The third-order valence-electron chi connectivity index (χ3n) is 2.98. The zero-order chi connectivity index (χ0) is 15.0. The van der Waals surface area contributed by atoms with Gasteiger partial charge in [-0.2, -0.15) is 4.31 Å². The Hall–Kier alpha value is -0.930. The summed E-state index contributed by atoms with van der Waals surface area (Å²) in [6.45, 7) is 4.64. The number of nitrogens with two attached hydrogens (primary N) is 1. The van der Waals surface area contributed by atoms with Crippen LogP contribution in [0.25, 0.3) is 0 Å². The molecule has 1 fully saturated rings. The van der Waals surface area contributed by atoms with Crippen LogP contribution in [-0.4, -0.2) is 43.0 Å². The molecular weight excluding hydrogens is 304 g/mol. The molecule has 1 aromatic rings. The molecule has 0 aromatic carbocycles. The first-order valence-corrected chi connectivity index (χ1v) is 7.84. The zero-order valence-corrected chi connectivity index (χ0v) is 12.8. The van der Waals surface area contributed by atoms with E-state index in [4.69, 9.17) is 22.2 Å². The lowest BCUT2D eigenvalue weighted by Gasteiger charge is -2.37. The van der Waals surface area contributed by atoms with Gasteiger partial charge in [0.25, 0.3) is 0 Å². The Bertz CT molecular complexity index is 606. The zero-order valence-electron chi connectivity index (χ0n) is 11.3. The van der Waals surface area contributed by atoms with Gasteiger partial charge in [-0.1, -0.05) is 11.6 Å². The number of sulfonamides is 1. The summed E-state index contributed by atoms with van der Waals surface area (Å²) in [6, 6.07) is 1.33. The Kier molecular flexibility index (Phi) is 4.22. The molecule has 0 radical (unpaired) electrons. The maximum Gasteiger partial charge on any atom is 0.244 e. The number of ether oxygens (including phenoxy) is 1. The van der Waals surface area contributed by atoms with Gasteiger partial charge in [-0.05, 0) is 19.9 Å². The molecule has 1 aliphatic heterocycles. The first kappa shape index (κ1) is 15.5. The van der Waals surface area contributed by atoms with Crippen molar-refractivity contribution >= 4 is 27.4 Å². The number of nitrogens with zero attached hydrogens (tertiary/aromatic N) is 2. The van der Waals surface area contributed by atoms with Gasteiger partial charge >= 0.3 is 0 Å². The highest BCUT2D eigenvalue weighted by Gasteiger charge is 2.35. The van der Waals surface area contributed by atoms with E-state index in [9.17, 15) is 8.42 Å². The van der Waals surface area contributed by atoms with Crippen molar-refractivity contribution in [3.63, 3.8) is 0 Å². The molecule has 0 spiro atoms. The summed E-state index contributed by atoms with van der Waals surface area (Å²) >= 11 is 5.92. The number of nitrogen functional groups attached to an aromatic ring is 1. The molecule has 0 unspecified atom stereocenters. The van der Waals surface area contributed by atoms with Crippen LogP contribution in [0.4, 0.5) is 5.82 Å². The van der Waals surface area contributed by atoms with Crippen molar-refractivity contribution in [1.29, 1.82) is 0 Å². The molecule has 2 heterocycles. The molecule has 0 bridgehead atoms. The number of morpholine rings is 1. The van der Waals surface area contributed by atoms with Gasteiger partial charge in [0.05, 0.1) is 17.2 Å². The Morgan fingerprint density at radius 3 is 2.80 bits per heavy atom.